The Morgan fingerprint density at radius 2 is 0.878 bits per heavy atom. The molecule has 2 fully saturated rings. The third-order valence-electron chi connectivity index (χ3n) is 11.8. The first-order chi connectivity index (χ1) is 22.6. The Kier molecular flexibility index (Phi) is 16.2. The van der Waals surface area contributed by atoms with E-state index in [-0.39, 0.29) is 22.2 Å². The third kappa shape index (κ3) is 12.5. The Labute approximate surface area is 303 Å². The predicted octanol–water partition coefficient (Wildman–Crippen LogP) is 4.42. The quantitative estimate of drug-likeness (QED) is 0.257. The molecule has 0 spiro atoms. The maximum Gasteiger partial charge on any atom is 0.230 e. The molecule has 286 valence electrons. The van der Waals surface area contributed by atoms with Crippen molar-refractivity contribution < 1.29 is 0 Å². The highest BCUT2D eigenvalue weighted by Crippen LogP contribution is 2.41. The predicted molar refractivity (Wildman–Crippen MR) is 211 cm³/mol. The van der Waals surface area contributed by atoms with Crippen molar-refractivity contribution in [1.29, 1.82) is 0 Å². The molecule has 3 heterocycles. The molecule has 0 aliphatic carbocycles. The lowest BCUT2D eigenvalue weighted by Crippen LogP contribution is -2.62. The molecular weight excluding hydrogens is 610 g/mol. The number of nitrogens with one attached hydrogen (secondary N) is 2. The number of rotatable bonds is 15. The number of aromatic nitrogens is 3. The van der Waals surface area contributed by atoms with Gasteiger partial charge in [-0.25, -0.2) is 0 Å². The number of hydrogen-bond acceptors (Lipinski definition) is 11. The number of likely N-dealkylation sites (N-methyl/N-ethyl adjacent to an activating group) is 2. The molecule has 1 aromatic heterocycles. The molecule has 2 N–H and O–H groups in total. The number of aryl methyl sites for hydroxylation is 1. The van der Waals surface area contributed by atoms with Gasteiger partial charge in [0.05, 0.1) is 0 Å². The molecule has 2 aliphatic rings. The van der Waals surface area contributed by atoms with Crippen LogP contribution >= 0.6 is 0 Å². The zero-order chi connectivity index (χ0) is 37.4. The van der Waals surface area contributed by atoms with Crippen molar-refractivity contribution in [2.75, 3.05) is 105 Å². The minimum Gasteiger partial charge on any atom is -0.341 e. The van der Waals surface area contributed by atoms with Crippen molar-refractivity contribution in [2.45, 2.75) is 135 Å². The highest BCUT2D eigenvalue weighted by molar-refractivity contribution is 5.40. The zero-order valence-corrected chi connectivity index (χ0v) is 35.2. The van der Waals surface area contributed by atoms with Gasteiger partial charge in [0.15, 0.2) is 0 Å². The van der Waals surface area contributed by atoms with Crippen LogP contribution in [0.25, 0.3) is 0 Å². The fourth-order valence-electron chi connectivity index (χ4n) is 7.90. The molecule has 0 bridgehead atoms. The topological polar surface area (TPSA) is 82.2 Å². The number of anilines is 2. The largest absolute Gasteiger partial charge is 0.341 e. The lowest BCUT2D eigenvalue weighted by Gasteiger charge is -2.55. The van der Waals surface area contributed by atoms with Crippen LogP contribution in [0.2, 0.25) is 0 Å². The fraction of sp³-hybridized carbons (Fsp3) is 0.921. The second-order valence-corrected chi connectivity index (χ2v) is 17.7. The van der Waals surface area contributed by atoms with Gasteiger partial charge in [0.25, 0.3) is 0 Å². The number of nitrogens with zero attached hydrogens (tertiary/aromatic N) is 9. The summed E-state index contributed by atoms with van der Waals surface area (Å²) in [5.74, 6) is 2.36. The molecule has 0 unspecified atom stereocenters. The number of piperidine rings is 2. The van der Waals surface area contributed by atoms with E-state index >= 15 is 0 Å². The van der Waals surface area contributed by atoms with Gasteiger partial charge >= 0.3 is 0 Å². The van der Waals surface area contributed by atoms with E-state index in [0.29, 0.717) is 12.1 Å². The summed E-state index contributed by atoms with van der Waals surface area (Å²) in [6.07, 6.45) is 6.79. The molecule has 0 atom stereocenters. The average molecular weight is 690 g/mol. The van der Waals surface area contributed by atoms with E-state index in [0.717, 1.165) is 56.5 Å². The summed E-state index contributed by atoms with van der Waals surface area (Å²) in [4.78, 5) is 29.0. The molecule has 0 amide bonds. The maximum atomic E-state index is 5.02. The van der Waals surface area contributed by atoms with Crippen LogP contribution in [0.4, 0.5) is 11.9 Å². The minimum atomic E-state index is 0.119. The Balaban J connectivity index is 0.000000440. The van der Waals surface area contributed by atoms with Crippen LogP contribution in [0.3, 0.4) is 0 Å². The summed E-state index contributed by atoms with van der Waals surface area (Å²) in [5, 5.41) is 6.36. The Morgan fingerprint density at radius 3 is 1.16 bits per heavy atom. The Morgan fingerprint density at radius 1 is 0.571 bits per heavy atom. The number of likely N-dealkylation sites (tertiary alicyclic amines) is 2. The van der Waals surface area contributed by atoms with Gasteiger partial charge in [0.2, 0.25) is 11.9 Å². The smallest absolute Gasteiger partial charge is 0.230 e. The van der Waals surface area contributed by atoms with Crippen molar-refractivity contribution >= 4 is 11.9 Å². The van der Waals surface area contributed by atoms with Crippen molar-refractivity contribution in [3.8, 4) is 0 Å². The van der Waals surface area contributed by atoms with Crippen LogP contribution in [-0.2, 0) is 0 Å². The van der Waals surface area contributed by atoms with Crippen LogP contribution in [0.15, 0.2) is 0 Å². The van der Waals surface area contributed by atoms with Gasteiger partial charge in [-0.15, -0.1) is 0 Å². The molecule has 11 heteroatoms. The second-order valence-electron chi connectivity index (χ2n) is 17.7. The maximum absolute atomic E-state index is 5.02. The standard InChI is InChI=1S/C26H49N7.C12H30N4/c1-18-27-21(30(10)19-14-23(2,3)32(12)24(4,5)15-19)29-22(28-18)31(11)20-16-25(6,7)33(13)26(8,9)17-20;1-13-7-5-9-15(3)11-12-16(4)10-6-8-14-2/h19-20H,14-17H2,1-13H3;13-14H,5-12H2,1-4H3. The van der Waals surface area contributed by atoms with Crippen molar-refractivity contribution in [3.63, 3.8) is 0 Å². The van der Waals surface area contributed by atoms with E-state index in [9.17, 15) is 0 Å². The number of hydrogen-bond donors (Lipinski definition) is 2. The monoisotopic (exact) mass is 690 g/mol. The summed E-state index contributed by atoms with van der Waals surface area (Å²) in [7, 11) is 17.2. The summed E-state index contributed by atoms with van der Waals surface area (Å²) in [6, 6.07) is 0.764. The molecule has 2 saturated heterocycles. The van der Waals surface area contributed by atoms with Gasteiger partial charge in [-0.05, 0) is 169 Å². The van der Waals surface area contributed by atoms with Gasteiger partial charge in [0.1, 0.15) is 5.82 Å². The average Bonchev–Trinajstić information content (AvgIpc) is 3.00. The fourth-order valence-corrected chi connectivity index (χ4v) is 7.90. The van der Waals surface area contributed by atoms with E-state index in [1.807, 2.05) is 21.0 Å². The van der Waals surface area contributed by atoms with Crippen molar-refractivity contribution in [1.82, 2.24) is 45.2 Å². The van der Waals surface area contributed by atoms with Crippen LogP contribution < -0.4 is 20.4 Å². The van der Waals surface area contributed by atoms with Crippen molar-refractivity contribution in [3.05, 3.63) is 5.82 Å². The first-order valence-electron chi connectivity index (χ1n) is 18.9. The van der Waals surface area contributed by atoms with Gasteiger partial charge < -0.3 is 30.2 Å². The van der Waals surface area contributed by atoms with E-state index in [4.69, 9.17) is 15.0 Å². The molecule has 11 nitrogen and oxygen atoms in total. The Bertz CT molecular complexity index is 1000. The van der Waals surface area contributed by atoms with Crippen LogP contribution in [0.5, 0.6) is 0 Å². The van der Waals surface area contributed by atoms with Crippen LogP contribution in [0, 0.1) is 6.92 Å². The molecule has 0 aromatic carbocycles. The molecule has 0 saturated carbocycles. The first kappa shape index (κ1) is 43.5. The summed E-state index contributed by atoms with van der Waals surface area (Å²) in [5.41, 5.74) is 0.475. The molecule has 49 heavy (non-hydrogen) atoms. The van der Waals surface area contributed by atoms with Gasteiger partial charge in [-0.3, -0.25) is 9.80 Å². The molecule has 2 aliphatic heterocycles. The first-order valence-corrected chi connectivity index (χ1v) is 18.9. The summed E-state index contributed by atoms with van der Waals surface area (Å²) < 4.78 is 0. The van der Waals surface area contributed by atoms with Gasteiger partial charge in [-0.1, -0.05) is 0 Å². The van der Waals surface area contributed by atoms with Gasteiger partial charge in [-0.2, -0.15) is 15.0 Å². The van der Waals surface area contributed by atoms with E-state index in [1.54, 1.807) is 0 Å². The molecule has 3 rings (SSSR count). The highest BCUT2D eigenvalue weighted by atomic mass is 15.4. The molecular formula is C38H79N11. The van der Waals surface area contributed by atoms with E-state index in [1.165, 1.54) is 39.0 Å². The second kappa shape index (κ2) is 18.2. The zero-order valence-electron chi connectivity index (χ0n) is 35.2. The Hall–Kier alpha value is -1.63. The van der Waals surface area contributed by atoms with Crippen molar-refractivity contribution in [2.24, 2.45) is 0 Å². The minimum absolute atomic E-state index is 0.119. The molecule has 0 radical (unpaired) electrons. The lowest BCUT2D eigenvalue weighted by atomic mass is 9.77. The van der Waals surface area contributed by atoms with Crippen LogP contribution in [-0.4, -0.2) is 164 Å². The summed E-state index contributed by atoms with van der Waals surface area (Å²) in [6.45, 7) is 27.7. The summed E-state index contributed by atoms with van der Waals surface area (Å²) >= 11 is 0. The van der Waals surface area contributed by atoms with E-state index < -0.39 is 0 Å². The SMILES string of the molecule is CNCCCN(C)CCN(C)CCCNC.Cc1nc(N(C)C2CC(C)(C)N(C)C(C)(C)C2)nc(N(C)C2CC(C)(C)N(C)C(C)(C)C2)n1. The highest BCUT2D eigenvalue weighted by Gasteiger charge is 2.46. The lowest BCUT2D eigenvalue weighted by molar-refractivity contribution is -0.0121. The van der Waals surface area contributed by atoms with Crippen LogP contribution in [0.1, 0.15) is 99.7 Å². The normalized spacial score (nSPS) is 21.1. The van der Waals surface area contributed by atoms with Gasteiger partial charge in [0, 0.05) is 61.4 Å². The molecule has 1 aromatic rings. The van der Waals surface area contributed by atoms with E-state index in [2.05, 4.69) is 138 Å². The third-order valence-corrected chi connectivity index (χ3v) is 11.8.